The Hall–Kier alpha value is -1.92. The lowest BCUT2D eigenvalue weighted by molar-refractivity contribution is -0.139. The van der Waals surface area contributed by atoms with Gasteiger partial charge in [0.05, 0.1) is 6.42 Å². The van der Waals surface area contributed by atoms with Crippen LogP contribution in [0.4, 0.5) is 0 Å². The number of rotatable bonds is 6. The third-order valence-electron chi connectivity index (χ3n) is 4.86. The van der Waals surface area contributed by atoms with Crippen molar-refractivity contribution in [1.29, 1.82) is 0 Å². The van der Waals surface area contributed by atoms with Gasteiger partial charge in [-0.05, 0) is 25.7 Å². The summed E-state index contributed by atoms with van der Waals surface area (Å²) in [4.78, 5) is 29.3. The van der Waals surface area contributed by atoms with Gasteiger partial charge in [0.2, 0.25) is 11.8 Å². The van der Waals surface area contributed by atoms with Crippen LogP contribution in [0.25, 0.3) is 0 Å². The highest BCUT2D eigenvalue weighted by Crippen LogP contribution is 2.32. The van der Waals surface area contributed by atoms with E-state index in [0.29, 0.717) is 31.2 Å². The van der Waals surface area contributed by atoms with Crippen LogP contribution < -0.4 is 0 Å². The molecule has 0 radical (unpaired) electrons. The lowest BCUT2D eigenvalue weighted by Gasteiger charge is -2.23. The molecule has 7 heteroatoms. The zero-order valence-corrected chi connectivity index (χ0v) is 13.2. The van der Waals surface area contributed by atoms with Crippen molar-refractivity contribution in [3.05, 3.63) is 11.7 Å². The van der Waals surface area contributed by atoms with Crippen LogP contribution in [-0.2, 0) is 16.0 Å². The number of aliphatic carboxylic acids is 1. The van der Waals surface area contributed by atoms with E-state index in [1.807, 2.05) is 0 Å². The summed E-state index contributed by atoms with van der Waals surface area (Å²) in [6.45, 7) is 0.647. The van der Waals surface area contributed by atoms with Crippen LogP contribution in [0, 0.1) is 0 Å². The van der Waals surface area contributed by atoms with Crippen molar-refractivity contribution < 1.29 is 19.2 Å². The summed E-state index contributed by atoms with van der Waals surface area (Å²) in [5.41, 5.74) is 0. The number of amides is 1. The first-order valence-electron chi connectivity index (χ1n) is 8.47. The van der Waals surface area contributed by atoms with Crippen LogP contribution in [0.2, 0.25) is 0 Å². The number of nitrogens with zero attached hydrogens (tertiary/aromatic N) is 3. The molecular formula is C16H23N3O4. The summed E-state index contributed by atoms with van der Waals surface area (Å²) in [6.07, 6.45) is 7.04. The summed E-state index contributed by atoms with van der Waals surface area (Å²) in [7, 11) is 0. The van der Waals surface area contributed by atoms with Crippen molar-refractivity contribution in [3.63, 3.8) is 0 Å². The molecule has 7 nitrogen and oxygen atoms in total. The zero-order valence-electron chi connectivity index (χ0n) is 13.2. The minimum absolute atomic E-state index is 0.0191. The van der Waals surface area contributed by atoms with E-state index in [4.69, 9.17) is 9.63 Å². The number of carbonyl (C=O) groups excluding carboxylic acids is 1. The van der Waals surface area contributed by atoms with Crippen molar-refractivity contribution in [2.45, 2.75) is 69.7 Å². The molecular weight excluding hydrogens is 298 g/mol. The largest absolute Gasteiger partial charge is 0.481 e. The number of hydrogen-bond acceptors (Lipinski definition) is 5. The van der Waals surface area contributed by atoms with E-state index in [1.54, 1.807) is 4.90 Å². The average Bonchev–Trinajstić information content (AvgIpc) is 3.24. The number of aromatic nitrogens is 2. The molecule has 3 rings (SSSR count). The van der Waals surface area contributed by atoms with Crippen molar-refractivity contribution in [2.75, 3.05) is 6.54 Å². The predicted octanol–water partition coefficient (Wildman–Crippen LogP) is 2.13. The third-order valence-corrected chi connectivity index (χ3v) is 4.86. The van der Waals surface area contributed by atoms with Crippen LogP contribution in [0.15, 0.2) is 4.52 Å². The second-order valence-corrected chi connectivity index (χ2v) is 6.51. The van der Waals surface area contributed by atoms with Gasteiger partial charge in [-0.25, -0.2) is 0 Å². The molecule has 1 aliphatic heterocycles. The molecule has 2 aliphatic rings. The molecule has 1 aliphatic carbocycles. The van der Waals surface area contributed by atoms with E-state index in [0.717, 1.165) is 31.5 Å². The SMILES string of the molecule is O=C(O)C[C@@H]1CCCN1C(=O)CCc1nc(C2CCCC2)no1. The summed E-state index contributed by atoms with van der Waals surface area (Å²) in [5, 5.41) is 13.0. The molecule has 1 aromatic heterocycles. The molecule has 0 unspecified atom stereocenters. The fraction of sp³-hybridized carbons (Fsp3) is 0.750. The highest BCUT2D eigenvalue weighted by atomic mass is 16.5. The van der Waals surface area contributed by atoms with Crippen molar-refractivity contribution in [2.24, 2.45) is 0 Å². The molecule has 23 heavy (non-hydrogen) atoms. The smallest absolute Gasteiger partial charge is 0.305 e. The quantitative estimate of drug-likeness (QED) is 0.862. The third kappa shape index (κ3) is 3.89. The Bertz CT molecular complexity index is 565. The molecule has 1 amide bonds. The second kappa shape index (κ2) is 7.10. The molecule has 0 aromatic carbocycles. The molecule has 2 heterocycles. The minimum atomic E-state index is -0.854. The Morgan fingerprint density at radius 1 is 1.22 bits per heavy atom. The summed E-state index contributed by atoms with van der Waals surface area (Å²) < 4.78 is 5.26. The fourth-order valence-corrected chi connectivity index (χ4v) is 3.65. The molecule has 1 saturated carbocycles. The van der Waals surface area contributed by atoms with E-state index in [9.17, 15) is 9.59 Å². The van der Waals surface area contributed by atoms with Crippen LogP contribution >= 0.6 is 0 Å². The number of aryl methyl sites for hydroxylation is 1. The van der Waals surface area contributed by atoms with Gasteiger partial charge in [-0.2, -0.15) is 4.98 Å². The van der Waals surface area contributed by atoms with Crippen LogP contribution in [0.5, 0.6) is 0 Å². The maximum atomic E-state index is 12.3. The normalized spacial score (nSPS) is 21.9. The van der Waals surface area contributed by atoms with Gasteiger partial charge in [-0.1, -0.05) is 18.0 Å². The number of carboxylic acid groups (broad SMARTS) is 1. The molecule has 2 fully saturated rings. The topological polar surface area (TPSA) is 96.5 Å². The molecule has 126 valence electrons. The Kier molecular flexibility index (Phi) is 4.93. The van der Waals surface area contributed by atoms with Crippen LogP contribution in [0.1, 0.15) is 69.0 Å². The predicted molar refractivity (Wildman–Crippen MR) is 80.8 cm³/mol. The Labute approximate surface area is 135 Å². The van der Waals surface area contributed by atoms with E-state index >= 15 is 0 Å². The van der Waals surface area contributed by atoms with Gasteiger partial charge in [-0.15, -0.1) is 0 Å². The molecule has 1 atom stereocenters. The Morgan fingerprint density at radius 3 is 2.74 bits per heavy atom. The van der Waals surface area contributed by atoms with E-state index in [1.165, 1.54) is 12.8 Å². The summed E-state index contributed by atoms with van der Waals surface area (Å²) in [5.74, 6) is 0.813. The van der Waals surface area contributed by atoms with E-state index in [-0.39, 0.29) is 18.4 Å². The van der Waals surface area contributed by atoms with Gasteiger partial charge in [-0.3, -0.25) is 9.59 Å². The van der Waals surface area contributed by atoms with Crippen LogP contribution in [0.3, 0.4) is 0 Å². The Morgan fingerprint density at radius 2 is 2.00 bits per heavy atom. The maximum absolute atomic E-state index is 12.3. The molecule has 0 bridgehead atoms. The first kappa shape index (κ1) is 16.0. The fourth-order valence-electron chi connectivity index (χ4n) is 3.65. The van der Waals surface area contributed by atoms with Crippen molar-refractivity contribution >= 4 is 11.9 Å². The first-order valence-corrected chi connectivity index (χ1v) is 8.47. The number of carboxylic acids is 1. The summed E-state index contributed by atoms with van der Waals surface area (Å²) >= 11 is 0. The van der Waals surface area contributed by atoms with Crippen molar-refractivity contribution in [1.82, 2.24) is 15.0 Å². The van der Waals surface area contributed by atoms with Crippen molar-refractivity contribution in [3.8, 4) is 0 Å². The average molecular weight is 321 g/mol. The molecule has 0 spiro atoms. The van der Waals surface area contributed by atoms with E-state index < -0.39 is 5.97 Å². The lowest BCUT2D eigenvalue weighted by Crippen LogP contribution is -2.36. The Balaban J connectivity index is 1.51. The molecule has 1 N–H and O–H groups in total. The van der Waals surface area contributed by atoms with Gasteiger partial charge in [0, 0.05) is 31.3 Å². The standard InChI is InChI=1S/C16H23N3O4/c20-14(19-9-3-6-12(19)10-15(21)22)8-7-13-17-16(18-23-13)11-4-1-2-5-11/h11-12H,1-10H2,(H,21,22)/t12-/m0/s1. The van der Waals surface area contributed by atoms with Gasteiger partial charge >= 0.3 is 5.97 Å². The number of hydrogen-bond donors (Lipinski definition) is 1. The van der Waals surface area contributed by atoms with Crippen LogP contribution in [-0.4, -0.2) is 44.6 Å². The number of carbonyl (C=O) groups is 2. The summed E-state index contributed by atoms with van der Waals surface area (Å²) in [6, 6.07) is -0.170. The van der Waals surface area contributed by atoms with Gasteiger partial charge < -0.3 is 14.5 Å². The second-order valence-electron chi connectivity index (χ2n) is 6.51. The highest BCUT2D eigenvalue weighted by Gasteiger charge is 2.30. The molecule has 1 aromatic rings. The maximum Gasteiger partial charge on any atom is 0.305 e. The van der Waals surface area contributed by atoms with Gasteiger partial charge in [0.15, 0.2) is 5.82 Å². The first-order chi connectivity index (χ1) is 11.1. The van der Waals surface area contributed by atoms with E-state index in [2.05, 4.69) is 10.1 Å². The minimum Gasteiger partial charge on any atom is -0.481 e. The van der Waals surface area contributed by atoms with Gasteiger partial charge in [0.25, 0.3) is 0 Å². The lowest BCUT2D eigenvalue weighted by atomic mass is 10.1. The monoisotopic (exact) mass is 321 g/mol. The molecule has 1 saturated heterocycles. The number of likely N-dealkylation sites (tertiary alicyclic amines) is 1. The zero-order chi connectivity index (χ0) is 16.2. The highest BCUT2D eigenvalue weighted by molar-refractivity contribution is 5.78. The van der Waals surface area contributed by atoms with Gasteiger partial charge in [0.1, 0.15) is 0 Å².